The Balaban J connectivity index is 2.03. The molecule has 5 heteroatoms. The summed E-state index contributed by atoms with van der Waals surface area (Å²) in [5, 5.41) is 2.91. The molecule has 1 saturated carbocycles. The fourth-order valence-electron chi connectivity index (χ4n) is 4.94. The smallest absolute Gasteiger partial charge is 0.323 e. The molecule has 1 aromatic carbocycles. The highest BCUT2D eigenvalue weighted by Gasteiger charge is 2.77. The van der Waals surface area contributed by atoms with Crippen LogP contribution in [0.3, 0.4) is 0 Å². The van der Waals surface area contributed by atoms with Gasteiger partial charge in [0.15, 0.2) is 5.41 Å². The maximum Gasteiger partial charge on any atom is 0.323 e. The number of carbonyl (C=O) groups excluding carboxylic acids is 3. The van der Waals surface area contributed by atoms with Crippen LogP contribution in [0.1, 0.15) is 25.3 Å². The third kappa shape index (κ3) is 1.52. The van der Waals surface area contributed by atoms with Gasteiger partial charge in [-0.25, -0.2) is 0 Å². The Morgan fingerprint density at radius 2 is 1.83 bits per heavy atom. The number of hydrogen-bond acceptors (Lipinski definition) is 4. The zero-order chi connectivity index (χ0) is 16.9. The van der Waals surface area contributed by atoms with Crippen molar-refractivity contribution in [2.75, 3.05) is 6.61 Å². The molecule has 1 aliphatic heterocycles. The number of Topliss-reactive ketones (excluding diaryl/α,β-unsaturated/α-hetero) is 1. The summed E-state index contributed by atoms with van der Waals surface area (Å²) < 4.78 is 5.32. The minimum Gasteiger partial charge on any atom is -0.465 e. The molecule has 5 nitrogen and oxygen atoms in total. The Hall–Kier alpha value is -2.43. The summed E-state index contributed by atoms with van der Waals surface area (Å²) in [5.41, 5.74) is -1.76. The summed E-state index contributed by atoms with van der Waals surface area (Å²) in [7, 11) is 0. The number of amides is 1. The van der Waals surface area contributed by atoms with E-state index in [9.17, 15) is 14.4 Å². The monoisotopic (exact) mass is 325 g/mol. The molecule has 24 heavy (non-hydrogen) atoms. The van der Waals surface area contributed by atoms with E-state index in [1.54, 1.807) is 6.92 Å². The third-order valence-electron chi connectivity index (χ3n) is 5.80. The van der Waals surface area contributed by atoms with E-state index in [0.717, 1.165) is 12.0 Å². The van der Waals surface area contributed by atoms with Crippen molar-refractivity contribution < 1.29 is 19.1 Å². The van der Waals surface area contributed by atoms with Gasteiger partial charge >= 0.3 is 5.97 Å². The number of carbonyl (C=O) groups is 3. The molecule has 124 valence electrons. The Labute approximate surface area is 140 Å². The van der Waals surface area contributed by atoms with Crippen molar-refractivity contribution >= 4 is 17.7 Å². The maximum atomic E-state index is 13.1. The number of allylic oxidation sites excluding steroid dienone is 1. The highest BCUT2D eigenvalue weighted by Crippen LogP contribution is 2.63. The van der Waals surface area contributed by atoms with Gasteiger partial charge in [-0.1, -0.05) is 42.5 Å². The van der Waals surface area contributed by atoms with Crippen LogP contribution in [-0.4, -0.2) is 24.3 Å². The molecule has 1 N–H and O–H groups in total. The minimum atomic E-state index is -1.50. The van der Waals surface area contributed by atoms with Crippen LogP contribution in [0.2, 0.25) is 0 Å². The van der Waals surface area contributed by atoms with Crippen molar-refractivity contribution in [1.29, 1.82) is 0 Å². The van der Waals surface area contributed by atoms with Crippen LogP contribution in [0.15, 0.2) is 42.5 Å². The largest absolute Gasteiger partial charge is 0.465 e. The van der Waals surface area contributed by atoms with Gasteiger partial charge in [0.1, 0.15) is 0 Å². The van der Waals surface area contributed by atoms with Gasteiger partial charge in [0.25, 0.3) is 5.91 Å². The highest BCUT2D eigenvalue weighted by atomic mass is 16.5. The molecular formula is C19H19NO4. The average molecular weight is 325 g/mol. The molecule has 1 saturated heterocycles. The quantitative estimate of drug-likeness (QED) is 0.397. The average Bonchev–Trinajstić information content (AvgIpc) is 2.88. The number of rotatable bonds is 3. The lowest BCUT2D eigenvalue weighted by Gasteiger charge is -2.55. The van der Waals surface area contributed by atoms with Crippen LogP contribution >= 0.6 is 0 Å². The summed E-state index contributed by atoms with van der Waals surface area (Å²) in [6.07, 6.45) is 5.49. The molecule has 4 atom stereocenters. The first-order valence-corrected chi connectivity index (χ1v) is 8.37. The van der Waals surface area contributed by atoms with Gasteiger partial charge < -0.3 is 10.1 Å². The van der Waals surface area contributed by atoms with E-state index in [0.29, 0.717) is 6.42 Å². The molecule has 4 aliphatic rings. The Kier molecular flexibility index (Phi) is 3.17. The van der Waals surface area contributed by atoms with E-state index in [4.69, 9.17) is 4.74 Å². The number of ketones is 1. The lowest BCUT2D eigenvalue weighted by atomic mass is 9.47. The zero-order valence-corrected chi connectivity index (χ0v) is 13.5. The third-order valence-corrected chi connectivity index (χ3v) is 5.80. The molecule has 0 spiro atoms. The standard InChI is InChI=1S/C19H19NO4/c1-2-24-17(23)18-12-8-10-14(11-9-12)19(18,20-16(22)15(18)21)13-6-4-3-5-7-13/h3-8,10,12,14H,2,9,11H2,1H3,(H,20,22)/t12-,14-,18+,19+/m0/s1. The van der Waals surface area contributed by atoms with Gasteiger partial charge in [-0.3, -0.25) is 14.4 Å². The van der Waals surface area contributed by atoms with E-state index in [2.05, 4.69) is 5.32 Å². The van der Waals surface area contributed by atoms with Crippen LogP contribution in [-0.2, 0) is 24.7 Å². The SMILES string of the molecule is CCOC(=O)[C@@]12C(=O)C(=O)N[C@]1(c1ccccc1)[C@H]1C=C[C@H]2CC1. The molecule has 5 rings (SSSR count). The maximum absolute atomic E-state index is 13.1. The van der Waals surface area contributed by atoms with E-state index < -0.39 is 28.6 Å². The second-order valence-corrected chi connectivity index (χ2v) is 6.66. The Morgan fingerprint density at radius 1 is 1.17 bits per heavy atom. The fourth-order valence-corrected chi connectivity index (χ4v) is 4.94. The highest BCUT2D eigenvalue weighted by molar-refractivity contribution is 6.45. The molecule has 1 amide bonds. The molecule has 0 radical (unpaired) electrons. The van der Waals surface area contributed by atoms with Gasteiger partial charge in [0.05, 0.1) is 12.1 Å². The van der Waals surface area contributed by atoms with Crippen LogP contribution in [0.4, 0.5) is 0 Å². The van der Waals surface area contributed by atoms with Gasteiger partial charge in [-0.2, -0.15) is 0 Å². The van der Waals surface area contributed by atoms with Crippen LogP contribution < -0.4 is 5.32 Å². The number of esters is 1. The second-order valence-electron chi connectivity index (χ2n) is 6.66. The first-order valence-electron chi connectivity index (χ1n) is 8.37. The van der Waals surface area contributed by atoms with E-state index in [1.807, 2.05) is 42.5 Å². The molecule has 1 heterocycles. The molecule has 1 aromatic rings. The molecule has 2 fully saturated rings. The first-order chi connectivity index (χ1) is 11.6. The normalized spacial score (nSPS) is 36.4. The Morgan fingerprint density at radius 3 is 2.46 bits per heavy atom. The predicted octanol–water partition coefficient (Wildman–Crippen LogP) is 1.73. The van der Waals surface area contributed by atoms with Gasteiger partial charge in [0, 0.05) is 11.8 Å². The second kappa shape index (κ2) is 5.03. The van der Waals surface area contributed by atoms with Gasteiger partial charge in [-0.15, -0.1) is 0 Å². The van der Waals surface area contributed by atoms with Crippen LogP contribution in [0, 0.1) is 17.3 Å². The van der Waals surface area contributed by atoms with Crippen molar-refractivity contribution in [3.8, 4) is 0 Å². The summed E-state index contributed by atoms with van der Waals surface area (Å²) in [6.45, 7) is 1.89. The summed E-state index contributed by atoms with van der Waals surface area (Å²) >= 11 is 0. The lowest BCUT2D eigenvalue weighted by molar-refractivity contribution is -0.173. The summed E-state index contributed by atoms with van der Waals surface area (Å²) in [4.78, 5) is 38.5. The molecule has 3 aliphatic carbocycles. The molecule has 0 unspecified atom stereocenters. The fraction of sp³-hybridized carbons (Fsp3) is 0.421. The van der Waals surface area contributed by atoms with E-state index in [-0.39, 0.29) is 18.4 Å². The van der Waals surface area contributed by atoms with Crippen molar-refractivity contribution in [2.24, 2.45) is 17.3 Å². The van der Waals surface area contributed by atoms with Gasteiger partial charge in [0.2, 0.25) is 5.78 Å². The lowest BCUT2D eigenvalue weighted by Crippen LogP contribution is -2.66. The van der Waals surface area contributed by atoms with E-state index in [1.165, 1.54) is 0 Å². The van der Waals surface area contributed by atoms with Gasteiger partial charge in [-0.05, 0) is 25.3 Å². The number of ether oxygens (including phenoxy) is 1. The van der Waals surface area contributed by atoms with Crippen molar-refractivity contribution in [3.05, 3.63) is 48.0 Å². The van der Waals surface area contributed by atoms with Crippen molar-refractivity contribution in [2.45, 2.75) is 25.3 Å². The number of benzene rings is 1. The number of nitrogens with one attached hydrogen (secondary N) is 1. The van der Waals surface area contributed by atoms with E-state index >= 15 is 0 Å². The topological polar surface area (TPSA) is 72.5 Å². The van der Waals surface area contributed by atoms with Crippen LogP contribution in [0.25, 0.3) is 0 Å². The first kappa shape index (κ1) is 15.1. The van der Waals surface area contributed by atoms with Crippen molar-refractivity contribution in [3.63, 3.8) is 0 Å². The predicted molar refractivity (Wildman–Crippen MR) is 85.7 cm³/mol. The zero-order valence-electron chi connectivity index (χ0n) is 13.5. The summed E-state index contributed by atoms with van der Waals surface area (Å²) in [5.74, 6) is -2.37. The number of fused-ring (bicyclic) bond motifs is 1. The molecule has 2 bridgehead atoms. The molecule has 0 aromatic heterocycles. The number of hydrogen-bond donors (Lipinski definition) is 1. The molecular weight excluding hydrogens is 306 g/mol. The Bertz CT molecular complexity index is 756. The minimum absolute atomic E-state index is 0.107. The van der Waals surface area contributed by atoms with Crippen LogP contribution in [0.5, 0.6) is 0 Å². The van der Waals surface area contributed by atoms with Crippen molar-refractivity contribution in [1.82, 2.24) is 5.32 Å². The summed E-state index contributed by atoms with van der Waals surface area (Å²) in [6, 6.07) is 9.35.